The monoisotopic (exact) mass is 252 g/mol. The van der Waals surface area contributed by atoms with Crippen LogP contribution < -0.4 is 0 Å². The van der Waals surface area contributed by atoms with E-state index in [1.54, 1.807) is 0 Å². The molecule has 3 atom stereocenters. The number of ether oxygens (including phenoxy) is 1. The summed E-state index contributed by atoms with van der Waals surface area (Å²) in [5.41, 5.74) is 0. The second-order valence-corrected chi connectivity index (χ2v) is 5.35. The highest BCUT2D eigenvalue weighted by Gasteiger charge is 2.23. The number of esters is 1. The zero-order valence-corrected chi connectivity index (χ0v) is 10.5. The fourth-order valence-electron chi connectivity index (χ4n) is 0.928. The van der Waals surface area contributed by atoms with Gasteiger partial charge in [-0.05, 0) is 13.3 Å². The summed E-state index contributed by atoms with van der Waals surface area (Å²) in [6, 6.07) is 0. The van der Waals surface area contributed by atoms with Crippen molar-refractivity contribution in [2.24, 2.45) is 0 Å². The van der Waals surface area contributed by atoms with Crippen LogP contribution in [0, 0.1) is 0 Å². The Morgan fingerprint density at radius 3 is 2.62 bits per heavy atom. The molecular weight excluding hydrogens is 232 g/mol. The third-order valence-electron chi connectivity index (χ3n) is 2.04. The Kier molecular flexibility index (Phi) is 8.42. The number of aliphatic hydroxyl groups is 2. The van der Waals surface area contributed by atoms with E-state index >= 15 is 0 Å². The minimum absolute atomic E-state index is 0.111. The van der Waals surface area contributed by atoms with Crippen LogP contribution in [0.1, 0.15) is 26.7 Å². The van der Waals surface area contributed by atoms with Gasteiger partial charge in [0.25, 0.3) is 0 Å². The van der Waals surface area contributed by atoms with E-state index in [4.69, 9.17) is 14.9 Å². The molecule has 0 aromatic carbocycles. The summed E-state index contributed by atoms with van der Waals surface area (Å²) in [6.45, 7) is 3.35. The molecule has 96 valence electrons. The van der Waals surface area contributed by atoms with Gasteiger partial charge in [-0.1, -0.05) is 13.3 Å². The summed E-state index contributed by atoms with van der Waals surface area (Å²) in [4.78, 5) is 11.4. The van der Waals surface area contributed by atoms with Crippen molar-refractivity contribution in [2.75, 3.05) is 19.0 Å². The summed E-state index contributed by atoms with van der Waals surface area (Å²) in [5.74, 6) is -0.627. The molecule has 0 fully saturated rings. The molecule has 2 N–H and O–H groups in total. The van der Waals surface area contributed by atoms with E-state index in [0.29, 0.717) is 6.61 Å². The van der Waals surface area contributed by atoms with Crippen LogP contribution >= 0.6 is 0 Å². The average molecular weight is 252 g/mol. The van der Waals surface area contributed by atoms with Crippen molar-refractivity contribution >= 4 is 16.8 Å². The molecule has 0 aliphatic carbocycles. The minimum Gasteiger partial charge on any atom is -0.465 e. The summed E-state index contributed by atoms with van der Waals surface area (Å²) in [7, 11) is -1.51. The van der Waals surface area contributed by atoms with E-state index in [0.717, 1.165) is 12.8 Å². The Hall–Kier alpha value is -0.460. The van der Waals surface area contributed by atoms with Crippen LogP contribution in [-0.4, -0.2) is 50.7 Å². The third kappa shape index (κ3) is 6.19. The van der Waals surface area contributed by atoms with Crippen LogP contribution in [0.25, 0.3) is 0 Å². The highest BCUT2D eigenvalue weighted by atomic mass is 32.2. The standard InChI is InChI=1S/C10H20O5S/c1-3-4-5-15-10(13)8(2)16(14)7-9(12)6-11/h8-9,11-12H,3-7H2,1-2H3. The topological polar surface area (TPSA) is 83.8 Å². The van der Waals surface area contributed by atoms with Gasteiger partial charge in [0, 0.05) is 10.8 Å². The van der Waals surface area contributed by atoms with Gasteiger partial charge in [-0.25, -0.2) is 0 Å². The lowest BCUT2D eigenvalue weighted by Gasteiger charge is -2.13. The maximum Gasteiger partial charge on any atom is 0.321 e. The highest BCUT2D eigenvalue weighted by molar-refractivity contribution is 7.86. The Bertz CT molecular complexity index is 231. The van der Waals surface area contributed by atoms with E-state index in [2.05, 4.69) is 0 Å². The molecule has 0 heterocycles. The highest BCUT2D eigenvalue weighted by Crippen LogP contribution is 2.02. The van der Waals surface area contributed by atoms with Crippen LogP contribution in [0.15, 0.2) is 0 Å². The van der Waals surface area contributed by atoms with E-state index in [-0.39, 0.29) is 5.75 Å². The molecule has 5 nitrogen and oxygen atoms in total. The van der Waals surface area contributed by atoms with Gasteiger partial charge in [-0.3, -0.25) is 9.00 Å². The second-order valence-electron chi connectivity index (χ2n) is 3.55. The molecule has 0 bridgehead atoms. The van der Waals surface area contributed by atoms with Gasteiger partial charge in [0.05, 0.1) is 25.1 Å². The lowest BCUT2D eigenvalue weighted by atomic mass is 10.4. The predicted molar refractivity (Wildman–Crippen MR) is 61.4 cm³/mol. The van der Waals surface area contributed by atoms with Crippen molar-refractivity contribution in [1.82, 2.24) is 0 Å². The van der Waals surface area contributed by atoms with Gasteiger partial charge in [0.15, 0.2) is 0 Å². The smallest absolute Gasteiger partial charge is 0.321 e. The van der Waals surface area contributed by atoms with Gasteiger partial charge in [0.2, 0.25) is 0 Å². The van der Waals surface area contributed by atoms with Gasteiger partial charge < -0.3 is 14.9 Å². The first-order valence-corrected chi connectivity index (χ1v) is 6.73. The summed E-state index contributed by atoms with van der Waals surface area (Å²) >= 11 is 0. The molecule has 0 saturated carbocycles. The van der Waals surface area contributed by atoms with E-state index in [9.17, 15) is 9.00 Å². The molecule has 0 radical (unpaired) electrons. The number of rotatable bonds is 8. The van der Waals surface area contributed by atoms with Crippen LogP contribution in [-0.2, 0) is 20.3 Å². The number of carbonyl (C=O) groups excluding carboxylic acids is 1. The summed E-state index contributed by atoms with van der Waals surface area (Å²) < 4.78 is 16.4. The molecule has 0 amide bonds. The molecular formula is C10H20O5S. The van der Waals surface area contributed by atoms with E-state index in [1.807, 2.05) is 6.92 Å². The largest absolute Gasteiger partial charge is 0.465 e. The van der Waals surface area contributed by atoms with E-state index < -0.39 is 34.7 Å². The number of hydrogen-bond donors (Lipinski definition) is 2. The SMILES string of the molecule is CCCCOC(=O)C(C)S(=O)CC(O)CO. The number of carbonyl (C=O) groups is 1. The summed E-state index contributed by atoms with van der Waals surface area (Å²) in [6.07, 6.45) is 0.657. The third-order valence-corrected chi connectivity index (χ3v) is 3.73. The zero-order chi connectivity index (χ0) is 12.6. The molecule has 6 heteroatoms. The van der Waals surface area contributed by atoms with Gasteiger partial charge in [0.1, 0.15) is 5.25 Å². The number of unbranched alkanes of at least 4 members (excludes halogenated alkanes) is 1. The second kappa shape index (κ2) is 8.66. The van der Waals surface area contributed by atoms with Crippen LogP contribution in [0.5, 0.6) is 0 Å². The van der Waals surface area contributed by atoms with Crippen molar-refractivity contribution in [2.45, 2.75) is 38.0 Å². The lowest BCUT2D eigenvalue weighted by molar-refractivity contribution is -0.142. The molecule has 0 saturated heterocycles. The maximum absolute atomic E-state index is 11.5. The lowest BCUT2D eigenvalue weighted by Crippen LogP contribution is -2.31. The van der Waals surface area contributed by atoms with Crippen LogP contribution in [0.2, 0.25) is 0 Å². The fraction of sp³-hybridized carbons (Fsp3) is 0.900. The summed E-state index contributed by atoms with van der Waals surface area (Å²) in [5, 5.41) is 16.9. The van der Waals surface area contributed by atoms with Crippen LogP contribution in [0.4, 0.5) is 0 Å². The molecule has 0 aliphatic rings. The molecule has 0 aromatic rings. The first-order chi connectivity index (χ1) is 7.52. The molecule has 0 aromatic heterocycles. The first kappa shape index (κ1) is 15.5. The fourth-order valence-corrected chi connectivity index (χ4v) is 1.98. The molecule has 0 rings (SSSR count). The maximum atomic E-state index is 11.5. The average Bonchev–Trinajstić information content (AvgIpc) is 2.27. The van der Waals surface area contributed by atoms with Crippen molar-refractivity contribution < 1.29 is 24.0 Å². The Morgan fingerprint density at radius 2 is 2.12 bits per heavy atom. The zero-order valence-electron chi connectivity index (χ0n) is 9.72. The quantitative estimate of drug-likeness (QED) is 0.462. The Morgan fingerprint density at radius 1 is 1.50 bits per heavy atom. The van der Waals surface area contributed by atoms with Gasteiger partial charge in [-0.15, -0.1) is 0 Å². The van der Waals surface area contributed by atoms with Crippen molar-refractivity contribution in [3.8, 4) is 0 Å². The Labute approximate surface area is 98.3 Å². The molecule has 0 spiro atoms. The van der Waals surface area contributed by atoms with Crippen molar-refractivity contribution in [1.29, 1.82) is 0 Å². The van der Waals surface area contributed by atoms with Crippen molar-refractivity contribution in [3.63, 3.8) is 0 Å². The Balaban J connectivity index is 3.96. The molecule has 0 aliphatic heterocycles. The van der Waals surface area contributed by atoms with Crippen LogP contribution in [0.3, 0.4) is 0 Å². The van der Waals surface area contributed by atoms with E-state index in [1.165, 1.54) is 6.92 Å². The van der Waals surface area contributed by atoms with Gasteiger partial charge in [-0.2, -0.15) is 0 Å². The molecule has 16 heavy (non-hydrogen) atoms. The number of aliphatic hydroxyl groups excluding tert-OH is 2. The minimum atomic E-state index is -1.51. The first-order valence-electron chi connectivity index (χ1n) is 5.35. The van der Waals surface area contributed by atoms with Crippen molar-refractivity contribution in [3.05, 3.63) is 0 Å². The number of hydrogen-bond acceptors (Lipinski definition) is 5. The molecule has 3 unspecified atom stereocenters. The van der Waals surface area contributed by atoms with Gasteiger partial charge >= 0.3 is 5.97 Å². The normalized spacial score (nSPS) is 16.5. The predicted octanol–water partition coefficient (Wildman–Crippen LogP) is -0.180.